The van der Waals surface area contributed by atoms with Crippen molar-refractivity contribution in [2.45, 2.75) is 18.8 Å². The normalized spacial score (nSPS) is 17.8. The fourth-order valence-electron chi connectivity index (χ4n) is 2.45. The molecule has 1 aromatic carbocycles. The zero-order valence-electron chi connectivity index (χ0n) is 9.07. The molecule has 0 bridgehead atoms. The summed E-state index contributed by atoms with van der Waals surface area (Å²) in [7, 11) is 0. The Hall–Kier alpha value is -2.15. The molecule has 84 valence electrons. The van der Waals surface area contributed by atoms with Gasteiger partial charge in [-0.15, -0.1) is 0 Å². The van der Waals surface area contributed by atoms with Crippen molar-refractivity contribution in [3.63, 3.8) is 0 Å². The highest BCUT2D eigenvalue weighted by molar-refractivity contribution is 5.41. The predicted molar refractivity (Wildman–Crippen MR) is 59.9 cm³/mol. The lowest BCUT2D eigenvalue weighted by molar-refractivity contribution is 0.618. The van der Waals surface area contributed by atoms with Gasteiger partial charge in [0.1, 0.15) is 11.9 Å². The van der Waals surface area contributed by atoms with E-state index in [1.54, 1.807) is 6.07 Å². The van der Waals surface area contributed by atoms with E-state index in [1.165, 1.54) is 6.07 Å². The van der Waals surface area contributed by atoms with E-state index >= 15 is 0 Å². The summed E-state index contributed by atoms with van der Waals surface area (Å²) in [6, 6.07) is 6.67. The maximum atomic E-state index is 13.6. The van der Waals surface area contributed by atoms with Gasteiger partial charge in [0.25, 0.3) is 0 Å². The van der Waals surface area contributed by atoms with Crippen molar-refractivity contribution in [2.75, 3.05) is 0 Å². The Bertz CT molecular complexity index is 609. The van der Waals surface area contributed by atoms with Crippen LogP contribution >= 0.6 is 0 Å². The minimum atomic E-state index is -0.443. The molecule has 1 atom stereocenters. The minimum Gasteiger partial charge on any atom is -0.282 e. The van der Waals surface area contributed by atoms with Crippen LogP contribution in [0.5, 0.6) is 0 Å². The van der Waals surface area contributed by atoms with Crippen LogP contribution in [0.1, 0.15) is 34.7 Å². The number of hydrogen-bond donors (Lipinski definition) is 1. The van der Waals surface area contributed by atoms with Gasteiger partial charge in [-0.25, -0.2) is 4.39 Å². The molecule has 0 radical (unpaired) electrons. The van der Waals surface area contributed by atoms with E-state index in [4.69, 9.17) is 5.26 Å². The molecule has 1 aromatic heterocycles. The van der Waals surface area contributed by atoms with Crippen LogP contribution in [0, 0.1) is 17.1 Å². The van der Waals surface area contributed by atoms with Gasteiger partial charge >= 0.3 is 0 Å². The van der Waals surface area contributed by atoms with Crippen LogP contribution < -0.4 is 0 Å². The Balaban J connectivity index is 2.02. The maximum absolute atomic E-state index is 13.6. The number of benzene rings is 1. The van der Waals surface area contributed by atoms with Crippen LogP contribution in [0.15, 0.2) is 24.4 Å². The highest BCUT2D eigenvalue weighted by Crippen LogP contribution is 2.37. The van der Waals surface area contributed by atoms with E-state index in [2.05, 4.69) is 10.2 Å². The molecule has 0 saturated carbocycles. The summed E-state index contributed by atoms with van der Waals surface area (Å²) in [5, 5.41) is 15.7. The molecule has 1 aliphatic carbocycles. The van der Waals surface area contributed by atoms with E-state index in [-0.39, 0.29) is 11.5 Å². The molecule has 3 nitrogen and oxygen atoms in total. The molecule has 4 heteroatoms. The zero-order chi connectivity index (χ0) is 11.8. The van der Waals surface area contributed by atoms with Gasteiger partial charge in [0.2, 0.25) is 0 Å². The van der Waals surface area contributed by atoms with Gasteiger partial charge in [0, 0.05) is 17.2 Å². The van der Waals surface area contributed by atoms with Gasteiger partial charge in [-0.05, 0) is 30.5 Å². The average Bonchev–Trinajstić information content (AvgIpc) is 2.90. The van der Waals surface area contributed by atoms with Crippen molar-refractivity contribution < 1.29 is 4.39 Å². The number of aryl methyl sites for hydroxylation is 1. The number of H-pyrrole nitrogens is 1. The van der Waals surface area contributed by atoms with Crippen LogP contribution in [0.25, 0.3) is 0 Å². The Morgan fingerprint density at radius 3 is 3.12 bits per heavy atom. The summed E-state index contributed by atoms with van der Waals surface area (Å²) < 4.78 is 13.6. The molecule has 0 aliphatic heterocycles. The number of hydrogen-bond acceptors (Lipinski definition) is 2. The number of aromatic amines is 1. The summed E-state index contributed by atoms with van der Waals surface area (Å²) in [5.41, 5.74) is 3.30. The number of rotatable bonds is 1. The van der Waals surface area contributed by atoms with Gasteiger partial charge in [-0.3, -0.25) is 5.10 Å². The second-order valence-corrected chi connectivity index (χ2v) is 4.25. The molecule has 3 rings (SSSR count). The third-order valence-corrected chi connectivity index (χ3v) is 3.33. The Morgan fingerprint density at radius 2 is 2.35 bits per heavy atom. The van der Waals surface area contributed by atoms with Crippen LogP contribution in [-0.4, -0.2) is 10.2 Å². The summed E-state index contributed by atoms with van der Waals surface area (Å²) in [5.74, 6) is -0.243. The highest BCUT2D eigenvalue weighted by atomic mass is 19.1. The van der Waals surface area contributed by atoms with Crippen molar-refractivity contribution in [1.82, 2.24) is 10.2 Å². The van der Waals surface area contributed by atoms with Crippen LogP contribution in [0.4, 0.5) is 4.39 Å². The molecule has 1 unspecified atom stereocenters. The standard InChI is InChI=1S/C13H10FN3/c14-12-5-8(1-2-9(12)6-15)10-3-4-13-11(10)7-16-17-13/h1-2,5,7,10H,3-4H2,(H,16,17). The molecule has 0 amide bonds. The summed E-state index contributed by atoms with van der Waals surface area (Å²) in [6.45, 7) is 0. The van der Waals surface area contributed by atoms with E-state index in [0.717, 1.165) is 29.7 Å². The molecule has 17 heavy (non-hydrogen) atoms. The molecule has 1 N–H and O–H groups in total. The van der Waals surface area contributed by atoms with Crippen molar-refractivity contribution in [3.05, 3.63) is 52.6 Å². The number of nitrogens with zero attached hydrogens (tertiary/aromatic N) is 2. The zero-order valence-corrected chi connectivity index (χ0v) is 9.07. The molecule has 2 aromatic rings. The lowest BCUT2D eigenvalue weighted by atomic mass is 9.94. The fourth-order valence-corrected chi connectivity index (χ4v) is 2.45. The maximum Gasteiger partial charge on any atom is 0.141 e. The first-order valence-corrected chi connectivity index (χ1v) is 5.51. The van der Waals surface area contributed by atoms with E-state index in [9.17, 15) is 4.39 Å². The van der Waals surface area contributed by atoms with Gasteiger partial charge in [0.05, 0.1) is 11.8 Å². The summed E-state index contributed by atoms with van der Waals surface area (Å²) in [6.07, 6.45) is 3.72. The third-order valence-electron chi connectivity index (χ3n) is 3.33. The smallest absolute Gasteiger partial charge is 0.141 e. The van der Waals surface area contributed by atoms with Crippen molar-refractivity contribution in [3.8, 4) is 6.07 Å². The SMILES string of the molecule is N#Cc1ccc(C2CCc3[nH]ncc32)cc1F. The molecule has 0 fully saturated rings. The Labute approximate surface area is 97.9 Å². The van der Waals surface area contributed by atoms with E-state index < -0.39 is 5.82 Å². The third kappa shape index (κ3) is 1.51. The van der Waals surface area contributed by atoms with Gasteiger partial charge in [-0.2, -0.15) is 10.4 Å². The second-order valence-electron chi connectivity index (χ2n) is 4.25. The van der Waals surface area contributed by atoms with Crippen LogP contribution in [-0.2, 0) is 6.42 Å². The lowest BCUT2D eigenvalue weighted by Gasteiger charge is -2.10. The van der Waals surface area contributed by atoms with E-state index in [0.29, 0.717) is 0 Å². The summed E-state index contributed by atoms with van der Waals surface area (Å²) >= 11 is 0. The Kier molecular flexibility index (Phi) is 2.19. The van der Waals surface area contributed by atoms with Gasteiger partial charge < -0.3 is 0 Å². The number of aromatic nitrogens is 2. The molecular weight excluding hydrogens is 217 g/mol. The summed E-state index contributed by atoms with van der Waals surface area (Å²) in [4.78, 5) is 0. The second kappa shape index (κ2) is 3.70. The average molecular weight is 227 g/mol. The number of fused-ring (bicyclic) bond motifs is 1. The molecular formula is C13H10FN3. The van der Waals surface area contributed by atoms with Crippen molar-refractivity contribution >= 4 is 0 Å². The highest BCUT2D eigenvalue weighted by Gasteiger charge is 2.26. The molecule has 0 spiro atoms. The largest absolute Gasteiger partial charge is 0.282 e. The van der Waals surface area contributed by atoms with E-state index in [1.807, 2.05) is 18.3 Å². The first-order valence-electron chi connectivity index (χ1n) is 5.51. The van der Waals surface area contributed by atoms with Crippen LogP contribution in [0.2, 0.25) is 0 Å². The van der Waals surface area contributed by atoms with Crippen molar-refractivity contribution in [2.24, 2.45) is 0 Å². The lowest BCUT2D eigenvalue weighted by Crippen LogP contribution is -1.97. The molecule has 0 saturated heterocycles. The first-order chi connectivity index (χ1) is 8.29. The number of nitriles is 1. The predicted octanol–water partition coefficient (Wildman–Crippen LogP) is 2.50. The Morgan fingerprint density at radius 1 is 1.47 bits per heavy atom. The quantitative estimate of drug-likeness (QED) is 0.813. The molecule has 1 aliphatic rings. The van der Waals surface area contributed by atoms with Gasteiger partial charge in [0.15, 0.2) is 0 Å². The van der Waals surface area contributed by atoms with Crippen molar-refractivity contribution in [1.29, 1.82) is 5.26 Å². The monoisotopic (exact) mass is 227 g/mol. The topological polar surface area (TPSA) is 52.5 Å². The van der Waals surface area contributed by atoms with Crippen LogP contribution in [0.3, 0.4) is 0 Å². The first kappa shape index (κ1) is 10.0. The number of halogens is 1. The molecule has 1 heterocycles. The fraction of sp³-hybridized carbons (Fsp3) is 0.231. The minimum absolute atomic E-state index is 0.0964. The number of nitrogens with one attached hydrogen (secondary N) is 1. The van der Waals surface area contributed by atoms with Gasteiger partial charge in [-0.1, -0.05) is 6.07 Å².